The minimum absolute atomic E-state index is 0.0605. The Labute approximate surface area is 144 Å². The van der Waals surface area contributed by atoms with E-state index in [1.54, 1.807) is 11.0 Å². The highest BCUT2D eigenvalue weighted by Gasteiger charge is 2.38. The lowest BCUT2D eigenvalue weighted by molar-refractivity contribution is -0.143. The highest BCUT2D eigenvalue weighted by molar-refractivity contribution is 7.10. The Bertz CT molecular complexity index is 781. The minimum atomic E-state index is -0.645. The molecule has 1 N–H and O–H groups in total. The van der Waals surface area contributed by atoms with E-state index in [0.717, 1.165) is 4.88 Å². The first-order valence-electron chi connectivity index (χ1n) is 7.71. The normalized spacial score (nSPS) is 17.9. The third kappa shape index (κ3) is 3.06. The predicted molar refractivity (Wildman–Crippen MR) is 92.4 cm³/mol. The van der Waals surface area contributed by atoms with Crippen molar-refractivity contribution < 1.29 is 14.0 Å². The first kappa shape index (κ1) is 16.6. The summed E-state index contributed by atoms with van der Waals surface area (Å²) < 4.78 is 13.9. The monoisotopic (exact) mass is 346 g/mol. The molecule has 24 heavy (non-hydrogen) atoms. The molecular formula is C18H19FN2O2S. The second-order valence-corrected chi connectivity index (χ2v) is 7.86. The molecule has 1 aromatic heterocycles. The second-order valence-electron chi connectivity index (χ2n) is 6.88. The van der Waals surface area contributed by atoms with Crippen molar-refractivity contribution in [2.24, 2.45) is 5.41 Å². The largest absolute Gasteiger partial charge is 0.324 e. The molecular weight excluding hydrogens is 327 g/mol. The van der Waals surface area contributed by atoms with Crippen molar-refractivity contribution in [3.05, 3.63) is 52.0 Å². The summed E-state index contributed by atoms with van der Waals surface area (Å²) in [6.45, 7) is 5.39. The number of nitrogens with zero attached hydrogens (tertiary/aromatic N) is 1. The number of thiophene rings is 1. The quantitative estimate of drug-likeness (QED) is 0.854. The summed E-state index contributed by atoms with van der Waals surface area (Å²) in [6.07, 6.45) is 0. The zero-order valence-electron chi connectivity index (χ0n) is 13.8. The third-order valence-electron chi connectivity index (χ3n) is 3.92. The Morgan fingerprint density at radius 3 is 2.71 bits per heavy atom. The number of halogens is 1. The Morgan fingerprint density at radius 1 is 1.33 bits per heavy atom. The van der Waals surface area contributed by atoms with Crippen LogP contribution in [0.4, 0.5) is 10.1 Å². The summed E-state index contributed by atoms with van der Waals surface area (Å²) in [7, 11) is 0. The first-order chi connectivity index (χ1) is 11.3. The molecule has 0 fully saturated rings. The lowest BCUT2D eigenvalue weighted by Gasteiger charge is -2.34. The number of hydrogen-bond acceptors (Lipinski definition) is 3. The molecule has 0 aliphatic carbocycles. The molecule has 1 aliphatic rings. The molecule has 0 saturated carbocycles. The van der Waals surface area contributed by atoms with Crippen LogP contribution in [0.15, 0.2) is 35.7 Å². The highest BCUT2D eigenvalue weighted by atomic mass is 32.1. The molecule has 1 atom stereocenters. The lowest BCUT2D eigenvalue weighted by Crippen LogP contribution is -2.44. The zero-order chi connectivity index (χ0) is 17.5. The van der Waals surface area contributed by atoms with Crippen LogP contribution in [0.3, 0.4) is 0 Å². The number of rotatable bonds is 1. The zero-order valence-corrected chi connectivity index (χ0v) is 14.6. The number of nitrogens with one attached hydrogen (secondary N) is 1. The van der Waals surface area contributed by atoms with Gasteiger partial charge in [-0.15, -0.1) is 11.3 Å². The maximum atomic E-state index is 13.9. The van der Waals surface area contributed by atoms with E-state index >= 15 is 0 Å². The topological polar surface area (TPSA) is 49.4 Å². The summed E-state index contributed by atoms with van der Waals surface area (Å²) in [5.74, 6) is -0.817. The van der Waals surface area contributed by atoms with E-state index in [0.29, 0.717) is 11.3 Å². The van der Waals surface area contributed by atoms with Crippen LogP contribution >= 0.6 is 11.3 Å². The molecule has 0 radical (unpaired) electrons. The van der Waals surface area contributed by atoms with E-state index in [9.17, 15) is 14.0 Å². The van der Waals surface area contributed by atoms with Gasteiger partial charge in [0.25, 0.3) is 0 Å². The number of amides is 2. The fourth-order valence-corrected chi connectivity index (χ4v) is 3.71. The molecule has 2 amide bonds. The molecule has 2 aromatic rings. The molecule has 4 nitrogen and oxygen atoms in total. The second kappa shape index (κ2) is 6.02. The highest BCUT2D eigenvalue weighted by Crippen LogP contribution is 2.39. The smallest absolute Gasteiger partial charge is 0.244 e. The van der Waals surface area contributed by atoms with E-state index in [1.807, 2.05) is 38.3 Å². The van der Waals surface area contributed by atoms with E-state index in [-0.39, 0.29) is 18.4 Å². The Balaban J connectivity index is 2.20. The summed E-state index contributed by atoms with van der Waals surface area (Å²) in [6, 6.07) is 7.57. The van der Waals surface area contributed by atoms with Gasteiger partial charge in [-0.1, -0.05) is 26.8 Å². The van der Waals surface area contributed by atoms with Gasteiger partial charge in [-0.3, -0.25) is 9.59 Å². The van der Waals surface area contributed by atoms with Gasteiger partial charge in [0.1, 0.15) is 12.4 Å². The number of carbonyl (C=O) groups excluding carboxylic acids is 2. The summed E-state index contributed by atoms with van der Waals surface area (Å²) >= 11 is 1.49. The standard InChI is InChI=1S/C18H19FN2O2S/c1-18(2,3)17(23)21-10-15(22)20-13-7-6-11(19)9-12(13)16(21)14-5-4-8-24-14/h4-9,16H,10H2,1-3H3,(H,20,22). The van der Waals surface area contributed by atoms with Gasteiger partial charge in [0.2, 0.25) is 11.8 Å². The molecule has 6 heteroatoms. The van der Waals surface area contributed by atoms with Gasteiger partial charge in [0.15, 0.2) is 0 Å². The van der Waals surface area contributed by atoms with Crippen LogP contribution in [-0.2, 0) is 9.59 Å². The van der Waals surface area contributed by atoms with Crippen LogP contribution in [-0.4, -0.2) is 23.3 Å². The Hall–Kier alpha value is -2.21. The van der Waals surface area contributed by atoms with Crippen LogP contribution in [0.25, 0.3) is 0 Å². The molecule has 1 aromatic carbocycles. The maximum Gasteiger partial charge on any atom is 0.244 e. The fraction of sp³-hybridized carbons (Fsp3) is 0.333. The minimum Gasteiger partial charge on any atom is -0.324 e. The van der Waals surface area contributed by atoms with Crippen molar-refractivity contribution in [1.82, 2.24) is 4.90 Å². The number of anilines is 1. The third-order valence-corrected chi connectivity index (χ3v) is 4.85. The number of fused-ring (bicyclic) bond motifs is 1. The van der Waals surface area contributed by atoms with Crippen LogP contribution < -0.4 is 5.32 Å². The predicted octanol–water partition coefficient (Wildman–Crippen LogP) is 3.80. The first-order valence-corrected chi connectivity index (χ1v) is 8.59. The molecule has 3 rings (SSSR count). The van der Waals surface area contributed by atoms with Gasteiger partial charge >= 0.3 is 0 Å². The van der Waals surface area contributed by atoms with Crippen molar-refractivity contribution in [1.29, 1.82) is 0 Å². The van der Waals surface area contributed by atoms with Gasteiger partial charge in [-0.2, -0.15) is 0 Å². The van der Waals surface area contributed by atoms with E-state index in [2.05, 4.69) is 5.32 Å². The van der Waals surface area contributed by atoms with E-state index in [1.165, 1.54) is 23.5 Å². The molecule has 1 unspecified atom stereocenters. The molecule has 0 saturated heterocycles. The van der Waals surface area contributed by atoms with E-state index in [4.69, 9.17) is 0 Å². The summed E-state index contributed by atoms with van der Waals surface area (Å²) in [5, 5.41) is 4.69. The van der Waals surface area contributed by atoms with Crippen LogP contribution in [0.2, 0.25) is 0 Å². The molecule has 0 spiro atoms. The SMILES string of the molecule is CC(C)(C)C(=O)N1CC(=O)Nc2ccc(F)cc2C1c1cccs1. The number of hydrogen-bond donors (Lipinski definition) is 1. The Morgan fingerprint density at radius 2 is 2.08 bits per heavy atom. The molecule has 126 valence electrons. The average molecular weight is 346 g/mol. The summed E-state index contributed by atoms with van der Waals surface area (Å²) in [5.41, 5.74) is 0.498. The molecule has 0 bridgehead atoms. The van der Waals surface area contributed by atoms with Crippen molar-refractivity contribution in [3.8, 4) is 0 Å². The van der Waals surface area contributed by atoms with Crippen molar-refractivity contribution in [2.45, 2.75) is 26.8 Å². The summed E-state index contributed by atoms with van der Waals surface area (Å²) in [4.78, 5) is 27.7. The molecule has 2 heterocycles. The van der Waals surface area contributed by atoms with Gasteiger partial charge < -0.3 is 10.2 Å². The average Bonchev–Trinajstić information content (AvgIpc) is 2.97. The Kier molecular flexibility index (Phi) is 4.17. The van der Waals surface area contributed by atoms with Gasteiger partial charge in [-0.25, -0.2) is 4.39 Å². The lowest BCUT2D eigenvalue weighted by atomic mass is 9.92. The van der Waals surface area contributed by atoms with Crippen molar-refractivity contribution >= 4 is 28.8 Å². The van der Waals surface area contributed by atoms with Gasteiger partial charge in [0.05, 0.1) is 6.04 Å². The number of carbonyl (C=O) groups is 2. The van der Waals surface area contributed by atoms with Crippen LogP contribution in [0, 0.1) is 11.2 Å². The maximum absolute atomic E-state index is 13.9. The number of benzene rings is 1. The van der Waals surface area contributed by atoms with E-state index < -0.39 is 17.3 Å². The van der Waals surface area contributed by atoms with Gasteiger partial charge in [0, 0.05) is 21.5 Å². The molecule has 1 aliphatic heterocycles. The fourth-order valence-electron chi connectivity index (χ4n) is 2.85. The van der Waals surface area contributed by atoms with Crippen LogP contribution in [0.5, 0.6) is 0 Å². The van der Waals surface area contributed by atoms with Gasteiger partial charge in [-0.05, 0) is 29.6 Å². The van der Waals surface area contributed by atoms with Crippen molar-refractivity contribution in [2.75, 3.05) is 11.9 Å². The van der Waals surface area contributed by atoms with Crippen LogP contribution in [0.1, 0.15) is 37.3 Å². The van der Waals surface area contributed by atoms with Crippen molar-refractivity contribution in [3.63, 3.8) is 0 Å².